The Balaban J connectivity index is 1.39. The van der Waals surface area contributed by atoms with Gasteiger partial charge in [0.1, 0.15) is 11.9 Å². The minimum absolute atomic E-state index is 0.0854. The summed E-state index contributed by atoms with van der Waals surface area (Å²) in [5.74, 6) is 1.40. The summed E-state index contributed by atoms with van der Waals surface area (Å²) >= 11 is 1.66. The summed E-state index contributed by atoms with van der Waals surface area (Å²) in [5.41, 5.74) is 4.53. The van der Waals surface area contributed by atoms with Gasteiger partial charge >= 0.3 is 0 Å². The molecule has 0 radical (unpaired) electrons. The zero-order chi connectivity index (χ0) is 28.6. The largest absolute Gasteiger partial charge is 0.484 e. The summed E-state index contributed by atoms with van der Waals surface area (Å²) in [6.07, 6.45) is 8.15. The molecule has 4 aromatic rings. The Kier molecular flexibility index (Phi) is 9.54. The van der Waals surface area contributed by atoms with E-state index in [0.29, 0.717) is 30.7 Å². The van der Waals surface area contributed by atoms with Crippen LogP contribution in [0.5, 0.6) is 5.75 Å². The molecule has 7 nitrogen and oxygen atoms in total. The average Bonchev–Trinajstić information content (AvgIpc) is 3.53. The third-order valence-electron chi connectivity index (χ3n) is 7.44. The molecule has 1 heterocycles. The van der Waals surface area contributed by atoms with Gasteiger partial charge in [0.25, 0.3) is 5.91 Å². The minimum atomic E-state index is -0.254. The maximum Gasteiger partial charge on any atom is 0.251 e. The SMILES string of the molecule is CCC(CO)NC(=O)c1ccc(SCc2c(OC(Cn3ccnc3)c3ccccc3)ccc3c2CCCC3=O)cc1. The average molecular weight is 570 g/mol. The molecule has 0 saturated heterocycles. The summed E-state index contributed by atoms with van der Waals surface area (Å²) in [4.78, 5) is 30.5. The van der Waals surface area contributed by atoms with Crippen LogP contribution in [0.25, 0.3) is 0 Å². The lowest BCUT2D eigenvalue weighted by molar-refractivity contribution is 0.0914. The highest BCUT2D eigenvalue weighted by molar-refractivity contribution is 7.98. The van der Waals surface area contributed by atoms with Crippen LogP contribution in [0.15, 0.2) is 90.3 Å². The highest BCUT2D eigenvalue weighted by atomic mass is 32.2. The monoisotopic (exact) mass is 569 g/mol. The number of ether oxygens (including phenoxy) is 1. The van der Waals surface area contributed by atoms with Crippen LogP contribution in [0, 0.1) is 0 Å². The van der Waals surface area contributed by atoms with E-state index in [0.717, 1.165) is 45.7 Å². The zero-order valence-corrected chi connectivity index (χ0v) is 24.0. The molecule has 2 atom stereocenters. The van der Waals surface area contributed by atoms with E-state index < -0.39 is 0 Å². The van der Waals surface area contributed by atoms with Crippen LogP contribution in [0.2, 0.25) is 0 Å². The number of benzene rings is 3. The van der Waals surface area contributed by atoms with Gasteiger partial charge in [0.2, 0.25) is 0 Å². The van der Waals surface area contributed by atoms with Crippen molar-refractivity contribution >= 4 is 23.5 Å². The number of aliphatic hydroxyl groups excluding tert-OH is 1. The number of nitrogens with one attached hydrogen (secondary N) is 1. The quantitative estimate of drug-likeness (QED) is 0.203. The molecule has 2 unspecified atom stereocenters. The van der Waals surface area contributed by atoms with Gasteiger partial charge in [-0.1, -0.05) is 37.3 Å². The van der Waals surface area contributed by atoms with Crippen molar-refractivity contribution in [1.29, 1.82) is 0 Å². The van der Waals surface area contributed by atoms with E-state index in [1.165, 1.54) is 0 Å². The molecule has 2 N–H and O–H groups in total. The molecule has 1 aliphatic rings. The summed E-state index contributed by atoms with van der Waals surface area (Å²) in [5, 5.41) is 12.3. The number of carbonyl (C=O) groups is 2. The second kappa shape index (κ2) is 13.7. The number of hydrogen-bond acceptors (Lipinski definition) is 6. The van der Waals surface area contributed by atoms with Gasteiger partial charge in [0, 0.05) is 46.2 Å². The first-order valence-corrected chi connectivity index (χ1v) is 15.0. The van der Waals surface area contributed by atoms with Gasteiger partial charge in [-0.05, 0) is 66.8 Å². The Morgan fingerprint density at radius 3 is 2.61 bits per heavy atom. The number of nitrogens with zero attached hydrogens (tertiary/aromatic N) is 2. The predicted molar refractivity (Wildman–Crippen MR) is 160 cm³/mol. The van der Waals surface area contributed by atoms with E-state index in [4.69, 9.17) is 4.74 Å². The second-order valence-electron chi connectivity index (χ2n) is 10.2. The van der Waals surface area contributed by atoms with Gasteiger partial charge in [-0.15, -0.1) is 11.8 Å². The highest BCUT2D eigenvalue weighted by Gasteiger charge is 2.25. The van der Waals surface area contributed by atoms with E-state index in [1.807, 2.05) is 60.2 Å². The van der Waals surface area contributed by atoms with E-state index in [9.17, 15) is 14.7 Å². The number of aromatic nitrogens is 2. The van der Waals surface area contributed by atoms with Crippen LogP contribution < -0.4 is 10.1 Å². The van der Waals surface area contributed by atoms with Crippen LogP contribution in [0.3, 0.4) is 0 Å². The number of amides is 1. The number of aliphatic hydroxyl groups is 1. The van der Waals surface area contributed by atoms with E-state index in [1.54, 1.807) is 36.4 Å². The molecule has 8 heteroatoms. The molecular weight excluding hydrogens is 534 g/mol. The Morgan fingerprint density at radius 1 is 1.10 bits per heavy atom. The Bertz CT molecular complexity index is 1450. The van der Waals surface area contributed by atoms with Crippen LogP contribution in [0.1, 0.15) is 69.7 Å². The van der Waals surface area contributed by atoms with Gasteiger partial charge in [0.15, 0.2) is 5.78 Å². The second-order valence-corrected chi connectivity index (χ2v) is 11.2. The fourth-order valence-electron chi connectivity index (χ4n) is 5.07. The molecule has 0 bridgehead atoms. The lowest BCUT2D eigenvalue weighted by atomic mass is 9.87. The Hall–Kier alpha value is -3.88. The number of carbonyl (C=O) groups excluding carboxylic acids is 2. The Morgan fingerprint density at radius 2 is 1.90 bits per heavy atom. The molecule has 3 aromatic carbocycles. The molecule has 41 heavy (non-hydrogen) atoms. The number of hydrogen-bond donors (Lipinski definition) is 2. The minimum Gasteiger partial charge on any atom is -0.484 e. The van der Waals surface area contributed by atoms with Crippen LogP contribution in [-0.2, 0) is 18.7 Å². The molecule has 1 aromatic heterocycles. The fraction of sp³-hybridized carbons (Fsp3) is 0.303. The van der Waals surface area contributed by atoms with Crippen molar-refractivity contribution in [3.63, 3.8) is 0 Å². The summed E-state index contributed by atoms with van der Waals surface area (Å²) < 4.78 is 8.77. The lowest BCUT2D eigenvalue weighted by Crippen LogP contribution is -2.36. The standard InChI is InChI=1S/C33H35N3O4S/c1-2-25(20-37)35-33(39)24-11-13-26(14-12-24)41-21-29-27-9-6-10-30(38)28(27)15-16-31(29)40-32(19-36-18-17-34-22-36)23-7-4-3-5-8-23/h3-5,7-8,11-18,22,25,32,37H,2,6,9-10,19-21H2,1H3,(H,35,39). The molecule has 0 aliphatic heterocycles. The molecule has 0 spiro atoms. The third kappa shape index (κ3) is 7.07. The lowest BCUT2D eigenvalue weighted by Gasteiger charge is -2.25. The third-order valence-corrected chi connectivity index (χ3v) is 8.48. The van der Waals surface area contributed by atoms with Crippen molar-refractivity contribution in [3.8, 4) is 5.75 Å². The predicted octanol–water partition coefficient (Wildman–Crippen LogP) is 6.02. The maximum absolute atomic E-state index is 12.8. The van der Waals surface area contributed by atoms with Gasteiger partial charge in [-0.3, -0.25) is 9.59 Å². The molecule has 212 valence electrons. The zero-order valence-electron chi connectivity index (χ0n) is 23.2. The maximum atomic E-state index is 12.8. The number of imidazole rings is 1. The number of rotatable bonds is 12. The Labute approximate surface area is 245 Å². The molecule has 0 fully saturated rings. The first-order chi connectivity index (χ1) is 20.1. The number of thioether (sulfide) groups is 1. The number of fused-ring (bicyclic) bond motifs is 1. The first kappa shape index (κ1) is 28.6. The van der Waals surface area contributed by atoms with Gasteiger partial charge < -0.3 is 19.7 Å². The molecular formula is C33H35N3O4S. The normalized spacial score (nSPS) is 14.2. The first-order valence-electron chi connectivity index (χ1n) is 14.1. The van der Waals surface area contributed by atoms with Crippen molar-refractivity contribution in [2.45, 2.75) is 61.9 Å². The molecule has 5 rings (SSSR count). The smallest absolute Gasteiger partial charge is 0.251 e. The molecule has 0 saturated carbocycles. The number of ketones is 1. The summed E-state index contributed by atoms with van der Waals surface area (Å²) in [6.45, 7) is 2.44. The van der Waals surface area contributed by atoms with E-state index >= 15 is 0 Å². The molecule has 1 aliphatic carbocycles. The van der Waals surface area contributed by atoms with Gasteiger partial charge in [-0.25, -0.2) is 4.98 Å². The van der Waals surface area contributed by atoms with Crippen molar-refractivity contribution in [2.75, 3.05) is 6.61 Å². The topological polar surface area (TPSA) is 93.4 Å². The van der Waals surface area contributed by atoms with Crippen LogP contribution in [-0.4, -0.2) is 39.0 Å². The van der Waals surface area contributed by atoms with E-state index in [-0.39, 0.29) is 30.4 Å². The van der Waals surface area contributed by atoms with E-state index in [2.05, 4.69) is 22.4 Å². The highest BCUT2D eigenvalue weighted by Crippen LogP contribution is 2.38. The van der Waals surface area contributed by atoms with Gasteiger partial charge in [0.05, 0.1) is 25.5 Å². The van der Waals surface area contributed by atoms with Gasteiger partial charge in [-0.2, -0.15) is 0 Å². The van der Waals surface area contributed by atoms with Crippen LogP contribution in [0.4, 0.5) is 0 Å². The number of Topliss-reactive ketones (excluding diaryl/α,β-unsaturated/α-hetero) is 1. The van der Waals surface area contributed by atoms with Crippen molar-refractivity contribution < 1.29 is 19.4 Å². The van der Waals surface area contributed by atoms with Crippen molar-refractivity contribution in [1.82, 2.24) is 14.9 Å². The molecule has 1 amide bonds. The van der Waals surface area contributed by atoms with Crippen LogP contribution >= 0.6 is 11.8 Å². The summed E-state index contributed by atoms with van der Waals surface area (Å²) in [6, 6.07) is 21.2. The van der Waals surface area contributed by atoms with Crippen molar-refractivity contribution in [2.24, 2.45) is 0 Å². The van der Waals surface area contributed by atoms with Crippen molar-refractivity contribution in [3.05, 3.63) is 113 Å². The summed E-state index contributed by atoms with van der Waals surface area (Å²) in [7, 11) is 0. The fourth-order valence-corrected chi connectivity index (χ4v) is 6.02.